The normalized spacial score (nSPS) is 12.0. The van der Waals surface area contributed by atoms with Gasteiger partial charge in [0, 0.05) is 65.8 Å². The van der Waals surface area contributed by atoms with Crippen molar-refractivity contribution in [3.05, 3.63) is 205 Å². The molecule has 0 unspecified atom stereocenters. The molecule has 4 heterocycles. The Balaban J connectivity index is 1.18. The van der Waals surface area contributed by atoms with Gasteiger partial charge >= 0.3 is 0 Å². The number of aryl methyl sites for hydroxylation is 1. The Morgan fingerprint density at radius 1 is 0.328 bits per heavy atom. The topological polar surface area (TPSA) is 43.5 Å². The Hall–Kier alpha value is -8.33. The first-order valence-electron chi connectivity index (χ1n) is 20.8. The molecule has 4 aromatic heterocycles. The van der Waals surface area contributed by atoms with E-state index in [0.717, 1.165) is 66.6 Å². The van der Waals surface area contributed by atoms with Crippen LogP contribution in [-0.2, 0) is 0 Å². The number of aromatic nitrogens is 4. The highest BCUT2D eigenvalue weighted by Gasteiger charge is 2.26. The number of hydrogen-bond donors (Lipinski definition) is 0. The van der Waals surface area contributed by atoms with E-state index in [9.17, 15) is 5.26 Å². The molecule has 0 atom stereocenters. The second-order valence-corrected chi connectivity index (χ2v) is 16.1. The summed E-state index contributed by atoms with van der Waals surface area (Å²) in [6.45, 7) is 2.24. The predicted octanol–water partition coefficient (Wildman–Crippen LogP) is 14.3. The Kier molecular flexibility index (Phi) is 6.94. The molecule has 0 bridgehead atoms. The van der Waals surface area contributed by atoms with E-state index in [4.69, 9.17) is 0 Å². The van der Waals surface area contributed by atoms with Crippen LogP contribution in [0.15, 0.2) is 194 Å². The zero-order valence-electron chi connectivity index (χ0n) is 33.2. The molecule has 0 N–H and O–H groups in total. The fraction of sp³-hybridized carbons (Fsp3) is 0.0179. The molecule has 13 aromatic rings. The lowest BCUT2D eigenvalue weighted by Gasteiger charge is -2.11. The van der Waals surface area contributed by atoms with Gasteiger partial charge in [0.2, 0.25) is 0 Å². The summed E-state index contributed by atoms with van der Waals surface area (Å²) in [5.74, 6) is 0. The summed E-state index contributed by atoms with van der Waals surface area (Å²) in [4.78, 5) is 0. The van der Waals surface area contributed by atoms with Gasteiger partial charge in [0.15, 0.2) is 0 Å². The first-order valence-corrected chi connectivity index (χ1v) is 20.8. The smallest absolute Gasteiger partial charge is 0.101 e. The number of nitriles is 1. The summed E-state index contributed by atoms with van der Waals surface area (Å²) in [6, 6.07) is 72.1. The van der Waals surface area contributed by atoms with Gasteiger partial charge < -0.3 is 18.3 Å². The van der Waals surface area contributed by atoms with Crippen LogP contribution in [-0.4, -0.2) is 18.3 Å². The number of rotatable bonds is 4. The van der Waals surface area contributed by atoms with Crippen LogP contribution in [0.3, 0.4) is 0 Å². The molecule has 61 heavy (non-hydrogen) atoms. The number of para-hydroxylation sites is 6. The van der Waals surface area contributed by atoms with E-state index in [1.54, 1.807) is 0 Å². The quantitative estimate of drug-likeness (QED) is 0.175. The van der Waals surface area contributed by atoms with Crippen molar-refractivity contribution in [1.29, 1.82) is 5.26 Å². The van der Waals surface area contributed by atoms with Gasteiger partial charge in [-0.15, -0.1) is 0 Å². The third kappa shape index (κ3) is 4.53. The lowest BCUT2D eigenvalue weighted by molar-refractivity contribution is 1.16. The maximum atomic E-state index is 10.5. The molecule has 0 spiro atoms. The van der Waals surface area contributed by atoms with Crippen LogP contribution in [0.25, 0.3) is 110 Å². The minimum atomic E-state index is 0.653. The Morgan fingerprint density at radius 2 is 0.852 bits per heavy atom. The minimum absolute atomic E-state index is 0.653. The summed E-state index contributed by atoms with van der Waals surface area (Å²) in [6.07, 6.45) is 0. The van der Waals surface area contributed by atoms with Gasteiger partial charge in [-0.1, -0.05) is 109 Å². The molecule has 0 aliphatic carbocycles. The van der Waals surface area contributed by atoms with Crippen LogP contribution in [0.4, 0.5) is 0 Å². The second-order valence-electron chi connectivity index (χ2n) is 16.1. The molecular weight excluding hydrogens is 743 g/mol. The fourth-order valence-corrected chi connectivity index (χ4v) is 10.5. The standard InChI is InChI=1S/C56H35N5/c1-35-32-50-53(44-25-15-16-36(34-57)54(44)61(50)39-21-9-4-10-22-39)56-51(35)45-33-40(28-30-48(45)60(56)38-19-7-3-8-20-38)58-47-27-14-12-24-43(47)52-49(58)31-29-42-41-23-11-13-26-46(41)59(55(42)52)37-17-5-2-6-18-37/h2-33H,1H3. The molecule has 0 saturated carbocycles. The third-order valence-corrected chi connectivity index (χ3v) is 12.9. The van der Waals surface area contributed by atoms with Crippen molar-refractivity contribution >= 4 is 87.2 Å². The molecule has 9 aromatic carbocycles. The van der Waals surface area contributed by atoms with Crippen LogP contribution in [0.2, 0.25) is 0 Å². The summed E-state index contributed by atoms with van der Waals surface area (Å²) < 4.78 is 9.61. The predicted molar refractivity (Wildman–Crippen MR) is 253 cm³/mol. The van der Waals surface area contributed by atoms with Crippen LogP contribution in [0.1, 0.15) is 11.1 Å². The van der Waals surface area contributed by atoms with Crippen LogP contribution in [0.5, 0.6) is 0 Å². The summed E-state index contributed by atoms with van der Waals surface area (Å²) in [5.41, 5.74) is 15.2. The van der Waals surface area contributed by atoms with E-state index in [2.05, 4.69) is 207 Å². The largest absolute Gasteiger partial charge is 0.309 e. The van der Waals surface area contributed by atoms with Crippen molar-refractivity contribution < 1.29 is 0 Å². The van der Waals surface area contributed by atoms with Crippen molar-refractivity contribution in [2.45, 2.75) is 6.92 Å². The molecule has 0 radical (unpaired) electrons. The van der Waals surface area contributed by atoms with E-state index in [1.807, 2.05) is 18.2 Å². The van der Waals surface area contributed by atoms with Gasteiger partial charge in [0.05, 0.1) is 49.7 Å². The van der Waals surface area contributed by atoms with Crippen LogP contribution in [0, 0.1) is 18.3 Å². The average molecular weight is 778 g/mol. The third-order valence-electron chi connectivity index (χ3n) is 12.9. The van der Waals surface area contributed by atoms with Gasteiger partial charge in [0.1, 0.15) is 6.07 Å². The first kappa shape index (κ1) is 33.6. The molecule has 5 nitrogen and oxygen atoms in total. The number of hydrogen-bond acceptors (Lipinski definition) is 1. The lowest BCUT2D eigenvalue weighted by atomic mass is 10.0. The van der Waals surface area contributed by atoms with Gasteiger partial charge in [-0.05, 0) is 97.4 Å². The lowest BCUT2D eigenvalue weighted by Crippen LogP contribution is -1.97. The first-order chi connectivity index (χ1) is 30.2. The van der Waals surface area contributed by atoms with Crippen LogP contribution < -0.4 is 0 Å². The maximum absolute atomic E-state index is 10.5. The average Bonchev–Trinajstić information content (AvgIpc) is 4.04. The van der Waals surface area contributed by atoms with E-state index >= 15 is 0 Å². The number of benzene rings is 9. The summed E-state index contributed by atoms with van der Waals surface area (Å²) >= 11 is 0. The van der Waals surface area contributed by atoms with Crippen molar-refractivity contribution in [1.82, 2.24) is 18.3 Å². The summed E-state index contributed by atoms with van der Waals surface area (Å²) in [7, 11) is 0. The molecule has 284 valence electrons. The zero-order valence-corrected chi connectivity index (χ0v) is 33.2. The number of fused-ring (bicyclic) bond motifs is 14. The monoisotopic (exact) mass is 777 g/mol. The van der Waals surface area contributed by atoms with Gasteiger partial charge in [-0.2, -0.15) is 5.26 Å². The van der Waals surface area contributed by atoms with E-state index < -0.39 is 0 Å². The highest BCUT2D eigenvalue weighted by atomic mass is 15.0. The molecular formula is C56H35N5. The number of nitrogens with zero attached hydrogens (tertiary/aromatic N) is 5. The molecule has 0 fully saturated rings. The molecule has 0 saturated heterocycles. The van der Waals surface area contributed by atoms with Gasteiger partial charge in [0.25, 0.3) is 0 Å². The van der Waals surface area contributed by atoms with E-state index in [0.29, 0.717) is 5.56 Å². The Morgan fingerprint density at radius 3 is 1.52 bits per heavy atom. The van der Waals surface area contributed by atoms with Gasteiger partial charge in [-0.25, -0.2) is 0 Å². The fourth-order valence-electron chi connectivity index (χ4n) is 10.5. The maximum Gasteiger partial charge on any atom is 0.101 e. The molecule has 0 aliphatic heterocycles. The molecule has 0 amide bonds. The van der Waals surface area contributed by atoms with Crippen molar-refractivity contribution in [2.75, 3.05) is 0 Å². The van der Waals surface area contributed by atoms with Crippen molar-refractivity contribution in [3.63, 3.8) is 0 Å². The minimum Gasteiger partial charge on any atom is -0.309 e. The van der Waals surface area contributed by atoms with Crippen LogP contribution >= 0.6 is 0 Å². The SMILES string of the molecule is Cc1cc2c(c3cccc(C#N)c3n2-c2ccccc2)c2c1c1cc(-n3c4ccccc4c4c3ccc3c5ccccc5n(-c5ccccc5)c34)ccc1n2-c1ccccc1. The molecule has 5 heteroatoms. The van der Waals surface area contributed by atoms with E-state index in [-0.39, 0.29) is 0 Å². The van der Waals surface area contributed by atoms with Crippen molar-refractivity contribution in [2.24, 2.45) is 0 Å². The highest BCUT2D eigenvalue weighted by molar-refractivity contribution is 6.29. The van der Waals surface area contributed by atoms with E-state index in [1.165, 1.54) is 48.9 Å². The zero-order chi connectivity index (χ0) is 40.3. The second kappa shape index (κ2) is 12.6. The molecule has 0 aliphatic rings. The Labute approximate surface area is 350 Å². The van der Waals surface area contributed by atoms with Crippen molar-refractivity contribution in [3.8, 4) is 28.8 Å². The molecule has 13 rings (SSSR count). The van der Waals surface area contributed by atoms with Gasteiger partial charge in [-0.3, -0.25) is 0 Å². The Bertz CT molecular complexity index is 3990. The summed E-state index contributed by atoms with van der Waals surface area (Å²) in [5, 5.41) is 20.0. The highest BCUT2D eigenvalue weighted by Crippen LogP contribution is 2.46.